The maximum absolute atomic E-state index is 13.6. The number of nitrogens with zero attached hydrogens (tertiary/aromatic N) is 2. The van der Waals surface area contributed by atoms with Crippen LogP contribution in [0.25, 0.3) is 10.9 Å². The molecule has 1 aromatic heterocycles. The number of hydrogen-bond acceptors (Lipinski definition) is 6. The van der Waals surface area contributed by atoms with Crippen LogP contribution >= 0.6 is 0 Å². The molecule has 2 aromatic rings. The Hall–Kier alpha value is -2.35. The number of aromatic nitrogens is 2. The van der Waals surface area contributed by atoms with Crippen molar-refractivity contribution in [3.8, 4) is 0 Å². The Morgan fingerprint density at radius 2 is 2.11 bits per heavy atom. The molecule has 0 amide bonds. The number of nitrogens with two attached hydrogens (primary N) is 1. The summed E-state index contributed by atoms with van der Waals surface area (Å²) in [4.78, 5) is 18.5. The first kappa shape index (κ1) is 13.1. The van der Waals surface area contributed by atoms with Crippen molar-refractivity contribution in [3.63, 3.8) is 0 Å². The van der Waals surface area contributed by atoms with Crippen LogP contribution in [0.15, 0.2) is 12.1 Å². The monoisotopic (exact) mass is 268 g/mol. The third-order valence-corrected chi connectivity index (χ3v) is 2.37. The molecule has 0 saturated heterocycles. The second-order valence-corrected chi connectivity index (χ2v) is 3.76. The van der Waals surface area contributed by atoms with Crippen molar-refractivity contribution >= 4 is 28.5 Å². The molecule has 6 nitrogen and oxygen atoms in total. The molecule has 100 valence electrons. The van der Waals surface area contributed by atoms with Crippen LogP contribution in [0.4, 0.5) is 20.5 Å². The van der Waals surface area contributed by atoms with E-state index >= 15 is 0 Å². The van der Waals surface area contributed by atoms with Crippen LogP contribution < -0.4 is 11.1 Å². The SMILES string of the molecule is Nc1nc(NCC(=O)CO)c2cc(F)cc(F)c2n1. The molecule has 0 spiro atoms. The van der Waals surface area contributed by atoms with Crippen LogP contribution in [-0.4, -0.2) is 34.0 Å². The Kier molecular flexibility index (Phi) is 3.52. The number of nitrogen functional groups attached to an aromatic ring is 1. The zero-order chi connectivity index (χ0) is 14.0. The van der Waals surface area contributed by atoms with E-state index in [9.17, 15) is 13.6 Å². The van der Waals surface area contributed by atoms with Gasteiger partial charge in [-0.3, -0.25) is 4.79 Å². The highest BCUT2D eigenvalue weighted by molar-refractivity contribution is 5.92. The molecule has 0 fully saturated rings. The van der Waals surface area contributed by atoms with Gasteiger partial charge in [-0.05, 0) is 6.07 Å². The van der Waals surface area contributed by atoms with Crippen LogP contribution in [0.1, 0.15) is 0 Å². The largest absolute Gasteiger partial charge is 0.389 e. The van der Waals surface area contributed by atoms with Gasteiger partial charge in [0.05, 0.1) is 6.54 Å². The number of aliphatic hydroxyl groups excluding tert-OH is 1. The Labute approximate surface area is 106 Å². The van der Waals surface area contributed by atoms with E-state index in [4.69, 9.17) is 10.8 Å². The van der Waals surface area contributed by atoms with Crippen LogP contribution in [0.5, 0.6) is 0 Å². The Balaban J connectivity index is 2.50. The molecule has 0 atom stereocenters. The second kappa shape index (κ2) is 5.11. The minimum Gasteiger partial charge on any atom is -0.389 e. The summed E-state index contributed by atoms with van der Waals surface area (Å²) in [5.74, 6) is -2.35. The van der Waals surface area contributed by atoms with Gasteiger partial charge in [-0.25, -0.2) is 13.8 Å². The van der Waals surface area contributed by atoms with Gasteiger partial charge in [0.15, 0.2) is 11.6 Å². The van der Waals surface area contributed by atoms with Crippen molar-refractivity contribution in [2.24, 2.45) is 0 Å². The lowest BCUT2D eigenvalue weighted by Gasteiger charge is -2.09. The number of aliphatic hydroxyl groups is 1. The van der Waals surface area contributed by atoms with Gasteiger partial charge in [0.2, 0.25) is 5.95 Å². The molecule has 0 aliphatic rings. The van der Waals surface area contributed by atoms with E-state index in [0.29, 0.717) is 6.07 Å². The molecule has 1 heterocycles. The zero-order valence-corrected chi connectivity index (χ0v) is 9.65. The van der Waals surface area contributed by atoms with Crippen molar-refractivity contribution in [2.75, 3.05) is 24.2 Å². The quantitative estimate of drug-likeness (QED) is 0.744. The third kappa shape index (κ3) is 2.74. The van der Waals surface area contributed by atoms with E-state index < -0.39 is 24.0 Å². The van der Waals surface area contributed by atoms with E-state index in [1.807, 2.05) is 0 Å². The third-order valence-electron chi connectivity index (χ3n) is 2.37. The summed E-state index contributed by atoms with van der Waals surface area (Å²) in [5, 5.41) is 11.2. The molecule has 2 rings (SSSR count). The lowest BCUT2D eigenvalue weighted by Crippen LogP contribution is -2.18. The molecule has 0 aliphatic carbocycles. The maximum Gasteiger partial charge on any atom is 0.222 e. The van der Waals surface area contributed by atoms with Crippen molar-refractivity contribution in [2.45, 2.75) is 0 Å². The molecule has 19 heavy (non-hydrogen) atoms. The lowest BCUT2D eigenvalue weighted by molar-refractivity contribution is -0.120. The highest BCUT2D eigenvalue weighted by atomic mass is 19.1. The number of rotatable bonds is 4. The average Bonchev–Trinajstić information content (AvgIpc) is 2.36. The van der Waals surface area contributed by atoms with Crippen molar-refractivity contribution < 1.29 is 18.7 Å². The van der Waals surface area contributed by atoms with Crippen LogP contribution in [0.2, 0.25) is 0 Å². The van der Waals surface area contributed by atoms with Gasteiger partial charge >= 0.3 is 0 Å². The van der Waals surface area contributed by atoms with E-state index in [0.717, 1.165) is 6.07 Å². The topological polar surface area (TPSA) is 101 Å². The predicted molar refractivity (Wildman–Crippen MR) is 64.4 cm³/mol. The Morgan fingerprint density at radius 1 is 1.37 bits per heavy atom. The minimum absolute atomic E-state index is 0.0303. The number of nitrogens with one attached hydrogen (secondary N) is 1. The minimum atomic E-state index is -0.874. The van der Waals surface area contributed by atoms with Crippen molar-refractivity contribution in [3.05, 3.63) is 23.8 Å². The van der Waals surface area contributed by atoms with Crippen LogP contribution in [0, 0.1) is 11.6 Å². The summed E-state index contributed by atoms with van der Waals surface area (Å²) in [5.41, 5.74) is 5.27. The molecular weight excluding hydrogens is 258 g/mol. The molecule has 0 bridgehead atoms. The second-order valence-electron chi connectivity index (χ2n) is 3.76. The highest BCUT2D eigenvalue weighted by Gasteiger charge is 2.12. The first-order chi connectivity index (χ1) is 9.01. The average molecular weight is 268 g/mol. The fourth-order valence-electron chi connectivity index (χ4n) is 1.55. The van der Waals surface area contributed by atoms with Gasteiger partial charge in [-0.2, -0.15) is 4.98 Å². The number of carbonyl (C=O) groups excluding carboxylic acids is 1. The van der Waals surface area contributed by atoms with Crippen LogP contribution in [0.3, 0.4) is 0 Å². The van der Waals surface area contributed by atoms with E-state index in [1.54, 1.807) is 0 Å². The standard InChI is InChI=1S/C11H10F2N4O2/c12-5-1-7-9(8(13)2-5)16-11(14)17-10(7)15-3-6(19)4-18/h1-2,18H,3-4H2,(H3,14,15,16,17). The highest BCUT2D eigenvalue weighted by Crippen LogP contribution is 2.24. The number of ketones is 1. The molecule has 0 saturated carbocycles. The Morgan fingerprint density at radius 3 is 2.79 bits per heavy atom. The molecule has 4 N–H and O–H groups in total. The summed E-state index contributed by atoms with van der Waals surface area (Å²) in [6.07, 6.45) is 0. The van der Waals surface area contributed by atoms with Gasteiger partial charge in [0, 0.05) is 11.5 Å². The number of fused-ring (bicyclic) bond motifs is 1. The molecule has 0 unspecified atom stereocenters. The number of benzene rings is 1. The number of anilines is 2. The summed E-state index contributed by atoms with van der Waals surface area (Å²) >= 11 is 0. The fraction of sp³-hybridized carbons (Fsp3) is 0.182. The number of halogens is 2. The van der Waals surface area contributed by atoms with E-state index in [-0.39, 0.29) is 29.2 Å². The van der Waals surface area contributed by atoms with Crippen LogP contribution in [-0.2, 0) is 4.79 Å². The van der Waals surface area contributed by atoms with Crippen molar-refractivity contribution in [1.82, 2.24) is 9.97 Å². The first-order valence-electron chi connectivity index (χ1n) is 5.30. The van der Waals surface area contributed by atoms with Gasteiger partial charge < -0.3 is 16.2 Å². The van der Waals surface area contributed by atoms with Gasteiger partial charge in [0.25, 0.3) is 0 Å². The number of Topliss-reactive ketones (excluding diaryl/α,β-unsaturated/α-hetero) is 1. The number of hydrogen-bond donors (Lipinski definition) is 3. The number of carbonyl (C=O) groups is 1. The first-order valence-corrected chi connectivity index (χ1v) is 5.30. The smallest absolute Gasteiger partial charge is 0.222 e. The van der Waals surface area contributed by atoms with E-state index in [2.05, 4.69) is 15.3 Å². The maximum atomic E-state index is 13.6. The lowest BCUT2D eigenvalue weighted by atomic mass is 10.2. The predicted octanol–water partition coefficient (Wildman–Crippen LogP) is 0.463. The zero-order valence-electron chi connectivity index (χ0n) is 9.65. The molecule has 1 aromatic carbocycles. The fourth-order valence-corrected chi connectivity index (χ4v) is 1.55. The Bertz CT molecular complexity index is 648. The van der Waals surface area contributed by atoms with E-state index in [1.165, 1.54) is 0 Å². The molecular formula is C11H10F2N4O2. The molecule has 0 aliphatic heterocycles. The molecule has 8 heteroatoms. The summed E-state index contributed by atoms with van der Waals surface area (Å²) in [6.45, 7) is -0.881. The summed E-state index contributed by atoms with van der Waals surface area (Å²) < 4.78 is 26.7. The summed E-state index contributed by atoms with van der Waals surface area (Å²) in [7, 11) is 0. The normalized spacial score (nSPS) is 10.7. The van der Waals surface area contributed by atoms with Gasteiger partial charge in [-0.15, -0.1) is 0 Å². The van der Waals surface area contributed by atoms with Gasteiger partial charge in [0.1, 0.15) is 23.8 Å². The van der Waals surface area contributed by atoms with Gasteiger partial charge in [-0.1, -0.05) is 0 Å². The molecule has 0 radical (unpaired) electrons. The van der Waals surface area contributed by atoms with Crippen molar-refractivity contribution in [1.29, 1.82) is 0 Å². The summed E-state index contributed by atoms with van der Waals surface area (Å²) in [6, 6.07) is 1.71.